The smallest absolute Gasteiger partial charge is 0.181 e. The Morgan fingerprint density at radius 2 is 1.31 bits per heavy atom. The Kier molecular flexibility index (Phi) is 4.44. The molecule has 3 aromatic carbocycles. The van der Waals surface area contributed by atoms with E-state index >= 15 is 0 Å². The summed E-state index contributed by atoms with van der Waals surface area (Å²) in [6.45, 7) is 4.31. The fourth-order valence-electron chi connectivity index (χ4n) is 3.80. The number of benzene rings is 3. The molecule has 0 amide bonds. The second kappa shape index (κ2) is 6.89. The average Bonchev–Trinajstić information content (AvgIpc) is 3.45. The molecule has 0 spiro atoms. The van der Waals surface area contributed by atoms with Crippen LogP contribution in [0, 0.1) is 0 Å². The normalized spacial score (nSPS) is 21.6. The zero-order valence-corrected chi connectivity index (χ0v) is 15.2. The predicted molar refractivity (Wildman–Crippen MR) is 106 cm³/mol. The summed E-state index contributed by atoms with van der Waals surface area (Å²) in [4.78, 5) is 15.3. The zero-order valence-electron chi connectivity index (χ0n) is 15.2. The molecule has 26 heavy (non-hydrogen) atoms. The minimum Gasteiger partial charge on any atom is -0.292 e. The van der Waals surface area contributed by atoms with Crippen LogP contribution in [0.15, 0.2) is 84.9 Å². The molecular formula is C24H23NO. The highest BCUT2D eigenvalue weighted by molar-refractivity contribution is 6.02. The van der Waals surface area contributed by atoms with Gasteiger partial charge in [-0.05, 0) is 30.5 Å². The van der Waals surface area contributed by atoms with E-state index in [4.69, 9.17) is 0 Å². The van der Waals surface area contributed by atoms with E-state index in [1.807, 2.05) is 36.4 Å². The summed E-state index contributed by atoms with van der Waals surface area (Å²) in [7, 11) is 0. The third-order valence-electron chi connectivity index (χ3n) is 5.13. The van der Waals surface area contributed by atoms with Crippen molar-refractivity contribution in [3.05, 3.63) is 96.1 Å². The monoisotopic (exact) mass is 341 g/mol. The van der Waals surface area contributed by atoms with Crippen LogP contribution in [0.3, 0.4) is 0 Å². The maximum Gasteiger partial charge on any atom is 0.181 e. The van der Waals surface area contributed by atoms with Gasteiger partial charge in [0, 0.05) is 11.6 Å². The Labute approximate surface area is 155 Å². The van der Waals surface area contributed by atoms with Gasteiger partial charge in [-0.3, -0.25) is 9.69 Å². The van der Waals surface area contributed by atoms with Crippen molar-refractivity contribution in [2.24, 2.45) is 0 Å². The molecule has 2 heteroatoms. The molecule has 1 saturated heterocycles. The Bertz CT molecular complexity index is 885. The Hall–Kier alpha value is -2.71. The van der Waals surface area contributed by atoms with E-state index < -0.39 is 0 Å². The Morgan fingerprint density at radius 3 is 1.88 bits per heavy atom. The first-order valence-corrected chi connectivity index (χ1v) is 9.19. The minimum atomic E-state index is -0.0556. The van der Waals surface area contributed by atoms with Crippen LogP contribution in [-0.4, -0.2) is 22.8 Å². The summed E-state index contributed by atoms with van der Waals surface area (Å²) in [5.41, 5.74) is 4.43. The second-order valence-corrected chi connectivity index (χ2v) is 7.15. The molecule has 2 nitrogen and oxygen atoms in total. The first kappa shape index (κ1) is 16.7. The van der Waals surface area contributed by atoms with Crippen LogP contribution in [0.25, 0.3) is 11.1 Å². The lowest BCUT2D eigenvalue weighted by atomic mass is 10.00. The van der Waals surface area contributed by atoms with E-state index in [9.17, 15) is 4.79 Å². The first-order valence-electron chi connectivity index (χ1n) is 9.19. The Balaban J connectivity index is 1.59. The topological polar surface area (TPSA) is 20.1 Å². The van der Waals surface area contributed by atoms with Gasteiger partial charge in [-0.2, -0.15) is 0 Å². The van der Waals surface area contributed by atoms with Crippen LogP contribution in [0.1, 0.15) is 35.8 Å². The van der Waals surface area contributed by atoms with E-state index in [2.05, 4.69) is 67.3 Å². The Morgan fingerprint density at radius 1 is 0.769 bits per heavy atom. The van der Waals surface area contributed by atoms with E-state index in [1.54, 1.807) is 0 Å². The molecule has 0 aromatic heterocycles. The molecule has 1 aliphatic heterocycles. The fourth-order valence-corrected chi connectivity index (χ4v) is 3.80. The van der Waals surface area contributed by atoms with Crippen molar-refractivity contribution >= 4 is 5.78 Å². The van der Waals surface area contributed by atoms with Crippen molar-refractivity contribution in [2.75, 3.05) is 0 Å². The van der Waals surface area contributed by atoms with Gasteiger partial charge in [0.1, 0.15) is 0 Å². The molecular weight excluding hydrogens is 318 g/mol. The molecule has 0 aliphatic carbocycles. The van der Waals surface area contributed by atoms with Gasteiger partial charge in [-0.1, -0.05) is 84.9 Å². The molecule has 0 N–H and O–H groups in total. The molecule has 1 heterocycles. The van der Waals surface area contributed by atoms with Crippen LogP contribution in [0.2, 0.25) is 0 Å². The minimum absolute atomic E-state index is 0.0556. The molecule has 1 unspecified atom stereocenters. The zero-order chi connectivity index (χ0) is 18.1. The van der Waals surface area contributed by atoms with Crippen molar-refractivity contribution in [1.29, 1.82) is 0 Å². The molecule has 1 fully saturated rings. The predicted octanol–water partition coefficient (Wildman–Crippen LogP) is 5.37. The van der Waals surface area contributed by atoms with Gasteiger partial charge in [0.15, 0.2) is 5.78 Å². The van der Waals surface area contributed by atoms with Gasteiger partial charge in [0.05, 0.1) is 12.1 Å². The van der Waals surface area contributed by atoms with Crippen LogP contribution < -0.4 is 0 Å². The summed E-state index contributed by atoms with van der Waals surface area (Å²) in [6, 6.07) is 29.1. The van der Waals surface area contributed by atoms with Gasteiger partial charge < -0.3 is 0 Å². The molecule has 130 valence electrons. The number of nitrogens with zero attached hydrogens (tertiary/aromatic N) is 1. The highest BCUT2D eigenvalue weighted by Crippen LogP contribution is 2.46. The van der Waals surface area contributed by atoms with Crippen LogP contribution in [-0.2, 0) is 0 Å². The summed E-state index contributed by atoms with van der Waals surface area (Å²) >= 11 is 0. The third kappa shape index (κ3) is 3.09. The van der Waals surface area contributed by atoms with Crippen LogP contribution in [0.4, 0.5) is 0 Å². The standard InChI is InChI=1S/C24H23NO/c1-17(2)25-22(23(25)24(26)21-11-7-4-8-12-21)20-15-13-19(14-16-20)18-9-5-3-6-10-18/h3-17,22-23H,1-2H3/t22-,23+,25?/m1/s1. The number of hydrogen-bond donors (Lipinski definition) is 0. The molecule has 0 radical (unpaired) electrons. The maximum absolute atomic E-state index is 13.0. The SMILES string of the molecule is CC(C)N1[C@H](C(=O)c2ccccc2)[C@H]1c1ccc(-c2ccccc2)cc1. The van der Waals surface area contributed by atoms with Crippen molar-refractivity contribution in [2.45, 2.75) is 32.0 Å². The summed E-state index contributed by atoms with van der Waals surface area (Å²) in [5.74, 6) is 0.219. The molecule has 3 atom stereocenters. The first-order chi connectivity index (χ1) is 12.7. The number of carbonyl (C=O) groups is 1. The van der Waals surface area contributed by atoms with Gasteiger partial charge in [-0.15, -0.1) is 0 Å². The van der Waals surface area contributed by atoms with E-state index in [-0.39, 0.29) is 17.9 Å². The largest absolute Gasteiger partial charge is 0.292 e. The van der Waals surface area contributed by atoms with E-state index in [1.165, 1.54) is 16.7 Å². The van der Waals surface area contributed by atoms with Gasteiger partial charge in [0.25, 0.3) is 0 Å². The highest BCUT2D eigenvalue weighted by atomic mass is 16.1. The number of carbonyl (C=O) groups excluding carboxylic acids is 1. The third-order valence-corrected chi connectivity index (χ3v) is 5.13. The second-order valence-electron chi connectivity index (χ2n) is 7.15. The number of hydrogen-bond acceptors (Lipinski definition) is 2. The molecule has 1 aliphatic rings. The number of Topliss-reactive ketones (excluding diaryl/α,β-unsaturated/α-hetero) is 1. The van der Waals surface area contributed by atoms with Gasteiger partial charge in [-0.25, -0.2) is 0 Å². The highest BCUT2D eigenvalue weighted by Gasteiger charge is 2.54. The quantitative estimate of drug-likeness (QED) is 0.459. The molecule has 0 saturated carbocycles. The fraction of sp³-hybridized carbons (Fsp3) is 0.208. The summed E-state index contributed by atoms with van der Waals surface area (Å²) in [5, 5.41) is 0. The molecule has 0 bridgehead atoms. The average molecular weight is 341 g/mol. The molecule has 3 aromatic rings. The summed E-state index contributed by atoms with van der Waals surface area (Å²) in [6.07, 6.45) is 0. The van der Waals surface area contributed by atoms with Crippen molar-refractivity contribution in [1.82, 2.24) is 4.90 Å². The number of rotatable bonds is 5. The van der Waals surface area contributed by atoms with Crippen molar-refractivity contribution < 1.29 is 4.79 Å². The van der Waals surface area contributed by atoms with E-state index in [0.29, 0.717) is 6.04 Å². The van der Waals surface area contributed by atoms with E-state index in [0.717, 1.165) is 5.56 Å². The maximum atomic E-state index is 13.0. The van der Waals surface area contributed by atoms with Crippen molar-refractivity contribution in [3.63, 3.8) is 0 Å². The van der Waals surface area contributed by atoms with Crippen LogP contribution >= 0.6 is 0 Å². The van der Waals surface area contributed by atoms with Crippen molar-refractivity contribution in [3.8, 4) is 11.1 Å². The lowest BCUT2D eigenvalue weighted by Crippen LogP contribution is -2.18. The van der Waals surface area contributed by atoms with Gasteiger partial charge in [0.2, 0.25) is 0 Å². The van der Waals surface area contributed by atoms with Crippen LogP contribution in [0.5, 0.6) is 0 Å². The lowest BCUT2D eigenvalue weighted by molar-refractivity contribution is 0.0969. The van der Waals surface area contributed by atoms with Gasteiger partial charge >= 0.3 is 0 Å². The lowest BCUT2D eigenvalue weighted by Gasteiger charge is -2.08. The number of ketones is 1. The summed E-state index contributed by atoms with van der Waals surface area (Å²) < 4.78 is 0. The molecule has 4 rings (SSSR count).